The van der Waals surface area contributed by atoms with Crippen molar-refractivity contribution >= 4 is 17.5 Å². The molecule has 1 unspecified atom stereocenters. The van der Waals surface area contributed by atoms with E-state index < -0.39 is 5.60 Å². The fraction of sp³-hybridized carbons (Fsp3) is 0.238. The van der Waals surface area contributed by atoms with Crippen molar-refractivity contribution in [3.05, 3.63) is 78.4 Å². The van der Waals surface area contributed by atoms with E-state index in [1.54, 1.807) is 31.2 Å². The summed E-state index contributed by atoms with van der Waals surface area (Å²) in [5.41, 5.74) is 1.33. The first-order chi connectivity index (χ1) is 12.4. The Morgan fingerprint density at radius 3 is 2.38 bits per heavy atom. The van der Waals surface area contributed by atoms with Crippen molar-refractivity contribution < 1.29 is 14.7 Å². The van der Waals surface area contributed by atoms with Crippen LogP contribution in [0, 0.1) is 0 Å². The molecule has 0 saturated carbocycles. The van der Waals surface area contributed by atoms with Gasteiger partial charge >= 0.3 is 0 Å². The molecule has 0 aliphatic rings. The van der Waals surface area contributed by atoms with Crippen molar-refractivity contribution in [2.75, 3.05) is 11.9 Å². The number of hydrogen-bond acceptors (Lipinski definition) is 3. The smallest absolute Gasteiger partial charge is 0.247 e. The number of anilines is 1. The van der Waals surface area contributed by atoms with Gasteiger partial charge in [0, 0.05) is 12.2 Å². The molecule has 0 spiro atoms. The Kier molecular flexibility index (Phi) is 6.69. The second kappa shape index (κ2) is 8.97. The second-order valence-corrected chi connectivity index (χ2v) is 6.31. The summed E-state index contributed by atoms with van der Waals surface area (Å²) in [4.78, 5) is 23.3. The van der Waals surface area contributed by atoms with Crippen LogP contribution in [0.5, 0.6) is 0 Å². The zero-order chi connectivity index (χ0) is 19.0. The SMILES string of the molecule is C=CC(=O)Nc1ccc(CC(=O)NCCC(C)(O)c2ccccc2)cc1. The summed E-state index contributed by atoms with van der Waals surface area (Å²) in [6.07, 6.45) is 1.87. The maximum atomic E-state index is 12.1. The van der Waals surface area contributed by atoms with Crippen molar-refractivity contribution in [1.82, 2.24) is 5.32 Å². The van der Waals surface area contributed by atoms with Gasteiger partial charge in [0.2, 0.25) is 11.8 Å². The summed E-state index contributed by atoms with van der Waals surface area (Å²) >= 11 is 0. The number of benzene rings is 2. The molecule has 2 rings (SSSR count). The third kappa shape index (κ3) is 5.86. The van der Waals surface area contributed by atoms with Crippen LogP contribution in [0.3, 0.4) is 0 Å². The highest BCUT2D eigenvalue weighted by atomic mass is 16.3. The van der Waals surface area contributed by atoms with E-state index in [9.17, 15) is 14.7 Å². The van der Waals surface area contributed by atoms with Crippen LogP contribution >= 0.6 is 0 Å². The highest BCUT2D eigenvalue weighted by Gasteiger charge is 2.22. The molecule has 1 atom stereocenters. The van der Waals surface area contributed by atoms with Gasteiger partial charge in [-0.3, -0.25) is 9.59 Å². The molecule has 0 bridgehead atoms. The lowest BCUT2D eigenvalue weighted by atomic mass is 9.92. The van der Waals surface area contributed by atoms with Gasteiger partial charge < -0.3 is 15.7 Å². The summed E-state index contributed by atoms with van der Waals surface area (Å²) in [5, 5.41) is 16.0. The van der Waals surface area contributed by atoms with Crippen LogP contribution in [0.15, 0.2) is 67.3 Å². The first kappa shape index (κ1) is 19.4. The summed E-state index contributed by atoms with van der Waals surface area (Å²) < 4.78 is 0. The predicted octanol–water partition coefficient (Wildman–Crippen LogP) is 2.77. The molecule has 2 aromatic rings. The van der Waals surface area contributed by atoms with Crippen LogP contribution in [0.25, 0.3) is 0 Å². The standard InChI is InChI=1S/C21H24N2O3/c1-3-19(24)23-18-11-9-16(10-12-18)15-20(25)22-14-13-21(2,26)17-7-5-4-6-8-17/h3-12,26H,1,13-15H2,2H3,(H,22,25)(H,23,24). The molecule has 3 N–H and O–H groups in total. The highest BCUT2D eigenvalue weighted by molar-refractivity contribution is 5.98. The van der Waals surface area contributed by atoms with Crippen molar-refractivity contribution in [2.45, 2.75) is 25.4 Å². The molecule has 0 saturated heterocycles. The van der Waals surface area contributed by atoms with E-state index in [4.69, 9.17) is 0 Å². The van der Waals surface area contributed by atoms with Gasteiger partial charge in [-0.25, -0.2) is 0 Å². The van der Waals surface area contributed by atoms with Crippen LogP contribution in [0.2, 0.25) is 0 Å². The molecule has 26 heavy (non-hydrogen) atoms. The summed E-state index contributed by atoms with van der Waals surface area (Å²) in [7, 11) is 0. The maximum absolute atomic E-state index is 12.1. The summed E-state index contributed by atoms with van der Waals surface area (Å²) in [6, 6.07) is 16.5. The van der Waals surface area contributed by atoms with Gasteiger partial charge in [-0.2, -0.15) is 0 Å². The molecule has 0 heterocycles. The Hall–Kier alpha value is -2.92. The third-order valence-corrected chi connectivity index (χ3v) is 4.10. The molecule has 5 nitrogen and oxygen atoms in total. The van der Waals surface area contributed by atoms with Gasteiger partial charge in [-0.1, -0.05) is 49.0 Å². The zero-order valence-corrected chi connectivity index (χ0v) is 14.9. The average Bonchev–Trinajstić information content (AvgIpc) is 2.64. The maximum Gasteiger partial charge on any atom is 0.247 e. The van der Waals surface area contributed by atoms with E-state index in [0.29, 0.717) is 18.7 Å². The van der Waals surface area contributed by atoms with Crippen molar-refractivity contribution in [3.8, 4) is 0 Å². The lowest BCUT2D eigenvalue weighted by molar-refractivity contribution is -0.120. The minimum Gasteiger partial charge on any atom is -0.385 e. The molecule has 0 aromatic heterocycles. The molecule has 0 aliphatic heterocycles. The average molecular weight is 352 g/mol. The molecule has 0 fully saturated rings. The first-order valence-corrected chi connectivity index (χ1v) is 8.48. The quantitative estimate of drug-likeness (QED) is 0.639. The second-order valence-electron chi connectivity index (χ2n) is 6.31. The van der Waals surface area contributed by atoms with Gasteiger partial charge in [-0.15, -0.1) is 0 Å². The molecule has 136 valence electrons. The monoisotopic (exact) mass is 352 g/mol. The van der Waals surface area contributed by atoms with E-state index >= 15 is 0 Å². The fourth-order valence-corrected chi connectivity index (χ4v) is 2.53. The summed E-state index contributed by atoms with van der Waals surface area (Å²) in [6.45, 7) is 5.52. The predicted molar refractivity (Wildman–Crippen MR) is 103 cm³/mol. The lowest BCUT2D eigenvalue weighted by Crippen LogP contribution is -2.32. The first-order valence-electron chi connectivity index (χ1n) is 8.48. The zero-order valence-electron chi connectivity index (χ0n) is 14.9. The molecule has 0 radical (unpaired) electrons. The Bertz CT molecular complexity index is 753. The van der Waals surface area contributed by atoms with E-state index in [1.165, 1.54) is 6.08 Å². The number of carbonyl (C=O) groups excluding carboxylic acids is 2. The number of amides is 2. The topological polar surface area (TPSA) is 78.4 Å². The molecule has 2 aromatic carbocycles. The van der Waals surface area contributed by atoms with Crippen LogP contribution in [0.4, 0.5) is 5.69 Å². The normalized spacial score (nSPS) is 12.7. The van der Waals surface area contributed by atoms with Crippen molar-refractivity contribution in [1.29, 1.82) is 0 Å². The number of nitrogens with one attached hydrogen (secondary N) is 2. The van der Waals surface area contributed by atoms with Gasteiger partial charge in [-0.05, 0) is 42.7 Å². The van der Waals surface area contributed by atoms with E-state index in [1.807, 2.05) is 30.3 Å². The number of rotatable bonds is 8. The summed E-state index contributed by atoms with van der Waals surface area (Å²) in [5.74, 6) is -0.391. The molecular weight excluding hydrogens is 328 g/mol. The van der Waals surface area contributed by atoms with E-state index in [-0.39, 0.29) is 18.2 Å². The molecular formula is C21H24N2O3. The van der Waals surface area contributed by atoms with E-state index in [2.05, 4.69) is 17.2 Å². The number of carbonyl (C=O) groups is 2. The van der Waals surface area contributed by atoms with Gasteiger partial charge in [0.1, 0.15) is 0 Å². The highest BCUT2D eigenvalue weighted by Crippen LogP contribution is 2.23. The van der Waals surface area contributed by atoms with Gasteiger partial charge in [0.25, 0.3) is 0 Å². The van der Waals surface area contributed by atoms with Crippen LogP contribution < -0.4 is 10.6 Å². The van der Waals surface area contributed by atoms with Gasteiger partial charge in [0.05, 0.1) is 12.0 Å². The molecule has 2 amide bonds. The third-order valence-electron chi connectivity index (χ3n) is 4.10. The minimum atomic E-state index is -0.987. The molecule has 5 heteroatoms. The van der Waals surface area contributed by atoms with Crippen molar-refractivity contribution in [3.63, 3.8) is 0 Å². The minimum absolute atomic E-state index is 0.114. The number of hydrogen-bond donors (Lipinski definition) is 3. The van der Waals surface area contributed by atoms with E-state index in [0.717, 1.165) is 11.1 Å². The van der Waals surface area contributed by atoms with Gasteiger partial charge in [0.15, 0.2) is 0 Å². The number of aliphatic hydroxyl groups is 1. The Labute approximate surface area is 153 Å². The van der Waals surface area contributed by atoms with Crippen LogP contribution in [-0.4, -0.2) is 23.5 Å². The van der Waals surface area contributed by atoms with Crippen molar-refractivity contribution in [2.24, 2.45) is 0 Å². The Morgan fingerprint density at radius 1 is 1.12 bits per heavy atom. The van der Waals surface area contributed by atoms with Crippen LogP contribution in [0.1, 0.15) is 24.5 Å². The van der Waals surface area contributed by atoms with Crippen LogP contribution in [-0.2, 0) is 21.6 Å². The fourth-order valence-electron chi connectivity index (χ4n) is 2.53. The Morgan fingerprint density at radius 2 is 1.77 bits per heavy atom. The largest absolute Gasteiger partial charge is 0.385 e. The Balaban J connectivity index is 1.80. The molecule has 0 aliphatic carbocycles. The lowest BCUT2D eigenvalue weighted by Gasteiger charge is -2.24.